The molecule has 0 bridgehead atoms. The Labute approximate surface area is 114 Å². The topological polar surface area (TPSA) is 24.9 Å². The summed E-state index contributed by atoms with van der Waals surface area (Å²) in [6, 6.07) is 9.82. The molecule has 0 aliphatic heterocycles. The highest BCUT2D eigenvalue weighted by Crippen LogP contribution is 2.18. The SMILES string of the molecule is C[C@H](NCc1cncc(F)c1)c1cccc(Br)c1. The van der Waals surface area contributed by atoms with Crippen molar-refractivity contribution in [2.45, 2.75) is 19.5 Å². The van der Waals surface area contributed by atoms with E-state index in [-0.39, 0.29) is 11.9 Å². The fraction of sp³-hybridized carbons (Fsp3) is 0.214. The van der Waals surface area contributed by atoms with Gasteiger partial charge in [-0.3, -0.25) is 4.98 Å². The molecule has 0 spiro atoms. The normalized spacial score (nSPS) is 12.4. The molecule has 2 nitrogen and oxygen atoms in total. The summed E-state index contributed by atoms with van der Waals surface area (Å²) < 4.78 is 14.0. The molecular weight excluding hydrogens is 295 g/mol. The summed E-state index contributed by atoms with van der Waals surface area (Å²) in [4.78, 5) is 3.83. The Morgan fingerprint density at radius 2 is 2.17 bits per heavy atom. The van der Waals surface area contributed by atoms with Crippen molar-refractivity contribution in [3.8, 4) is 0 Å². The first-order chi connectivity index (χ1) is 8.65. The molecule has 2 rings (SSSR count). The van der Waals surface area contributed by atoms with Gasteiger partial charge in [-0.15, -0.1) is 0 Å². The van der Waals surface area contributed by atoms with Crippen molar-refractivity contribution in [2.24, 2.45) is 0 Å². The molecule has 1 aromatic carbocycles. The summed E-state index contributed by atoms with van der Waals surface area (Å²) in [5, 5.41) is 3.34. The number of nitrogens with zero attached hydrogens (tertiary/aromatic N) is 1. The highest BCUT2D eigenvalue weighted by Gasteiger charge is 2.05. The molecule has 18 heavy (non-hydrogen) atoms. The van der Waals surface area contributed by atoms with Crippen LogP contribution in [0.3, 0.4) is 0 Å². The Balaban J connectivity index is 1.98. The number of rotatable bonds is 4. The van der Waals surface area contributed by atoms with Crippen molar-refractivity contribution in [3.05, 3.63) is 64.1 Å². The molecule has 0 saturated carbocycles. The summed E-state index contributed by atoms with van der Waals surface area (Å²) in [6.45, 7) is 2.67. The second kappa shape index (κ2) is 6.07. The average Bonchev–Trinajstić information content (AvgIpc) is 2.36. The summed E-state index contributed by atoms with van der Waals surface area (Å²) in [7, 11) is 0. The first-order valence-electron chi connectivity index (χ1n) is 5.73. The Morgan fingerprint density at radius 1 is 1.33 bits per heavy atom. The molecule has 1 N–H and O–H groups in total. The number of benzene rings is 1. The largest absolute Gasteiger partial charge is 0.306 e. The summed E-state index contributed by atoms with van der Waals surface area (Å²) in [5.41, 5.74) is 2.03. The van der Waals surface area contributed by atoms with E-state index >= 15 is 0 Å². The second-order valence-corrected chi connectivity index (χ2v) is 5.08. The Morgan fingerprint density at radius 3 is 2.89 bits per heavy atom. The molecule has 1 heterocycles. The Bertz CT molecular complexity index is 531. The minimum absolute atomic E-state index is 0.200. The lowest BCUT2D eigenvalue weighted by atomic mass is 10.1. The van der Waals surface area contributed by atoms with Gasteiger partial charge in [-0.05, 0) is 36.2 Å². The predicted octanol–water partition coefficient (Wildman–Crippen LogP) is 3.83. The molecule has 0 amide bonds. The number of nitrogens with one attached hydrogen (secondary N) is 1. The minimum Gasteiger partial charge on any atom is -0.306 e. The Hall–Kier alpha value is -1.26. The third-order valence-corrected chi connectivity index (χ3v) is 3.22. The third-order valence-electron chi connectivity index (χ3n) is 2.72. The monoisotopic (exact) mass is 308 g/mol. The van der Waals surface area contributed by atoms with Crippen LogP contribution in [0.15, 0.2) is 47.2 Å². The lowest BCUT2D eigenvalue weighted by Gasteiger charge is -2.14. The van der Waals surface area contributed by atoms with E-state index in [0.717, 1.165) is 10.0 Å². The van der Waals surface area contributed by atoms with Gasteiger partial charge in [-0.25, -0.2) is 4.39 Å². The maximum Gasteiger partial charge on any atom is 0.141 e. The fourth-order valence-corrected chi connectivity index (χ4v) is 2.13. The van der Waals surface area contributed by atoms with Crippen LogP contribution in [0.4, 0.5) is 4.39 Å². The zero-order valence-corrected chi connectivity index (χ0v) is 11.6. The van der Waals surface area contributed by atoms with Crippen LogP contribution in [0.25, 0.3) is 0 Å². The van der Waals surface area contributed by atoms with Crippen molar-refractivity contribution >= 4 is 15.9 Å². The van der Waals surface area contributed by atoms with Gasteiger partial charge in [-0.2, -0.15) is 0 Å². The highest BCUT2D eigenvalue weighted by molar-refractivity contribution is 9.10. The van der Waals surface area contributed by atoms with Gasteiger partial charge >= 0.3 is 0 Å². The first-order valence-corrected chi connectivity index (χ1v) is 6.53. The van der Waals surface area contributed by atoms with Crippen molar-refractivity contribution in [3.63, 3.8) is 0 Å². The van der Waals surface area contributed by atoms with E-state index in [2.05, 4.69) is 45.3 Å². The van der Waals surface area contributed by atoms with E-state index in [0.29, 0.717) is 6.54 Å². The lowest BCUT2D eigenvalue weighted by molar-refractivity contribution is 0.566. The fourth-order valence-electron chi connectivity index (χ4n) is 1.72. The quantitative estimate of drug-likeness (QED) is 0.928. The maximum atomic E-state index is 13.0. The van der Waals surface area contributed by atoms with E-state index in [9.17, 15) is 4.39 Å². The number of aromatic nitrogens is 1. The molecule has 94 valence electrons. The van der Waals surface area contributed by atoms with Crippen LogP contribution in [0.1, 0.15) is 24.1 Å². The van der Waals surface area contributed by atoms with Crippen LogP contribution in [-0.2, 0) is 6.54 Å². The molecule has 0 aliphatic rings. The minimum atomic E-state index is -0.301. The second-order valence-electron chi connectivity index (χ2n) is 4.17. The van der Waals surface area contributed by atoms with Crippen molar-refractivity contribution in [1.29, 1.82) is 0 Å². The van der Waals surface area contributed by atoms with Gasteiger partial charge in [0, 0.05) is 23.3 Å². The molecule has 0 saturated heterocycles. The zero-order valence-electron chi connectivity index (χ0n) is 10.0. The van der Waals surface area contributed by atoms with Gasteiger partial charge in [0.25, 0.3) is 0 Å². The van der Waals surface area contributed by atoms with Crippen molar-refractivity contribution in [1.82, 2.24) is 10.3 Å². The molecule has 1 atom stereocenters. The zero-order chi connectivity index (χ0) is 13.0. The molecular formula is C14H14BrFN2. The van der Waals surface area contributed by atoms with Crippen LogP contribution in [0.2, 0.25) is 0 Å². The van der Waals surface area contributed by atoms with Crippen molar-refractivity contribution < 1.29 is 4.39 Å². The molecule has 4 heteroatoms. The predicted molar refractivity (Wildman–Crippen MR) is 73.6 cm³/mol. The molecule has 2 aromatic rings. The van der Waals surface area contributed by atoms with Gasteiger partial charge in [-0.1, -0.05) is 28.1 Å². The van der Waals surface area contributed by atoms with E-state index in [1.807, 2.05) is 12.1 Å². The van der Waals surface area contributed by atoms with Crippen LogP contribution >= 0.6 is 15.9 Å². The van der Waals surface area contributed by atoms with Crippen LogP contribution < -0.4 is 5.32 Å². The standard InChI is InChI=1S/C14H14BrFN2/c1-10(12-3-2-4-13(15)6-12)18-8-11-5-14(16)9-17-7-11/h2-7,9-10,18H,8H2,1H3/t10-/m0/s1. The van der Waals surface area contributed by atoms with Gasteiger partial charge in [0.05, 0.1) is 6.20 Å². The smallest absolute Gasteiger partial charge is 0.141 e. The van der Waals surface area contributed by atoms with Gasteiger partial charge < -0.3 is 5.32 Å². The molecule has 0 fully saturated rings. The van der Waals surface area contributed by atoms with E-state index in [1.165, 1.54) is 17.8 Å². The molecule has 1 aromatic heterocycles. The van der Waals surface area contributed by atoms with Gasteiger partial charge in [0.15, 0.2) is 0 Å². The molecule has 0 aliphatic carbocycles. The third kappa shape index (κ3) is 3.62. The van der Waals surface area contributed by atoms with Gasteiger partial charge in [0.2, 0.25) is 0 Å². The average molecular weight is 309 g/mol. The van der Waals surface area contributed by atoms with Crippen LogP contribution in [0.5, 0.6) is 0 Å². The number of hydrogen-bond donors (Lipinski definition) is 1. The van der Waals surface area contributed by atoms with Crippen LogP contribution in [-0.4, -0.2) is 4.98 Å². The first kappa shape index (κ1) is 13.2. The summed E-state index contributed by atoms with van der Waals surface area (Å²) in [6.07, 6.45) is 2.88. The highest BCUT2D eigenvalue weighted by atomic mass is 79.9. The Kier molecular flexibility index (Phi) is 4.44. The number of hydrogen-bond acceptors (Lipinski definition) is 2. The number of pyridine rings is 1. The maximum absolute atomic E-state index is 13.0. The summed E-state index contributed by atoms with van der Waals surface area (Å²) in [5.74, 6) is -0.301. The molecule has 0 unspecified atom stereocenters. The lowest BCUT2D eigenvalue weighted by Crippen LogP contribution is -2.18. The van der Waals surface area contributed by atoms with Crippen LogP contribution in [0, 0.1) is 5.82 Å². The van der Waals surface area contributed by atoms with Gasteiger partial charge in [0.1, 0.15) is 5.82 Å². The summed E-state index contributed by atoms with van der Waals surface area (Å²) >= 11 is 3.45. The van der Waals surface area contributed by atoms with E-state index in [4.69, 9.17) is 0 Å². The van der Waals surface area contributed by atoms with Crippen molar-refractivity contribution in [2.75, 3.05) is 0 Å². The molecule has 0 radical (unpaired) electrons. The van der Waals surface area contributed by atoms with E-state index < -0.39 is 0 Å². The van der Waals surface area contributed by atoms with E-state index in [1.54, 1.807) is 6.20 Å². The number of halogens is 2.